The molecule has 0 aliphatic rings. The van der Waals surface area contributed by atoms with E-state index in [9.17, 15) is 4.79 Å². The van der Waals surface area contributed by atoms with Gasteiger partial charge in [-0.25, -0.2) is 0 Å². The topological polar surface area (TPSA) is 46.1 Å². The van der Waals surface area contributed by atoms with Gasteiger partial charge in [0.15, 0.2) is 10.8 Å². The number of rotatable bonds is 4. The van der Waals surface area contributed by atoms with E-state index >= 15 is 0 Å². The van der Waals surface area contributed by atoms with Crippen LogP contribution in [0.25, 0.3) is 0 Å². The van der Waals surface area contributed by atoms with E-state index in [1.807, 2.05) is 24.4 Å². The van der Waals surface area contributed by atoms with Gasteiger partial charge in [-0.1, -0.05) is 17.7 Å². The third kappa shape index (κ3) is 3.05. The predicted octanol–water partition coefficient (Wildman–Crippen LogP) is 2.85. The molecule has 4 nitrogen and oxygen atoms in total. The maximum absolute atomic E-state index is 12.2. The Morgan fingerprint density at radius 2 is 2.22 bits per heavy atom. The summed E-state index contributed by atoms with van der Waals surface area (Å²) in [5.74, 6) is -0.130. The minimum atomic E-state index is -0.130. The molecule has 0 radical (unpaired) electrons. The fourth-order valence-electron chi connectivity index (χ4n) is 1.51. The van der Waals surface area contributed by atoms with Gasteiger partial charge in [-0.05, 0) is 30.5 Å². The smallest absolute Gasteiger partial charge is 0.274 e. The number of aromatic nitrogens is 2. The summed E-state index contributed by atoms with van der Waals surface area (Å²) in [5, 5.41) is 9.77. The van der Waals surface area contributed by atoms with Crippen LogP contribution in [0.15, 0.2) is 29.6 Å². The molecular weight excluding hydrogens is 270 g/mol. The summed E-state index contributed by atoms with van der Waals surface area (Å²) >= 11 is 7.28. The first-order valence-electron chi connectivity index (χ1n) is 5.51. The summed E-state index contributed by atoms with van der Waals surface area (Å²) in [5.41, 5.74) is 0.317. The summed E-state index contributed by atoms with van der Waals surface area (Å²) in [6.07, 6.45) is 0. The Morgan fingerprint density at radius 3 is 2.78 bits per heavy atom. The van der Waals surface area contributed by atoms with Crippen molar-refractivity contribution in [2.24, 2.45) is 0 Å². The van der Waals surface area contributed by atoms with Crippen molar-refractivity contribution in [3.05, 3.63) is 45.4 Å². The van der Waals surface area contributed by atoms with Crippen LogP contribution in [0.3, 0.4) is 0 Å². The highest BCUT2D eigenvalue weighted by molar-refractivity contribution is 7.09. The highest BCUT2D eigenvalue weighted by Crippen LogP contribution is 2.13. The zero-order chi connectivity index (χ0) is 13.0. The number of hydrogen-bond donors (Lipinski definition) is 0. The molecule has 0 aliphatic heterocycles. The van der Waals surface area contributed by atoms with Crippen LogP contribution in [-0.2, 0) is 6.54 Å². The first-order valence-corrected chi connectivity index (χ1v) is 6.77. The Labute approximate surface area is 114 Å². The van der Waals surface area contributed by atoms with Crippen molar-refractivity contribution in [1.82, 2.24) is 15.1 Å². The average Bonchev–Trinajstić information content (AvgIpc) is 2.89. The molecule has 6 heteroatoms. The highest BCUT2D eigenvalue weighted by atomic mass is 35.5. The van der Waals surface area contributed by atoms with E-state index in [0.29, 0.717) is 18.8 Å². The van der Waals surface area contributed by atoms with Crippen LogP contribution in [0, 0.1) is 0 Å². The Kier molecular flexibility index (Phi) is 4.28. The van der Waals surface area contributed by atoms with Gasteiger partial charge in [-0.15, -0.1) is 21.5 Å². The molecule has 0 fully saturated rings. The van der Waals surface area contributed by atoms with Crippen molar-refractivity contribution in [2.75, 3.05) is 6.54 Å². The molecule has 0 atom stereocenters. The molecule has 2 aromatic rings. The normalized spacial score (nSPS) is 10.3. The lowest BCUT2D eigenvalue weighted by molar-refractivity contribution is 0.0747. The SMILES string of the molecule is CCN(Cc1cccs1)C(=O)c1ccc(Cl)nn1. The number of halogens is 1. The molecule has 2 rings (SSSR count). The standard InChI is InChI=1S/C12H12ClN3OS/c1-2-16(8-9-4-3-7-18-9)12(17)10-5-6-11(13)15-14-10/h3-7H,2,8H2,1H3. The molecule has 18 heavy (non-hydrogen) atoms. The van der Waals surface area contributed by atoms with Crippen LogP contribution < -0.4 is 0 Å². The lowest BCUT2D eigenvalue weighted by atomic mass is 10.3. The fourth-order valence-corrected chi connectivity index (χ4v) is 2.33. The highest BCUT2D eigenvalue weighted by Gasteiger charge is 2.16. The van der Waals surface area contributed by atoms with E-state index in [-0.39, 0.29) is 11.1 Å². The van der Waals surface area contributed by atoms with Gasteiger partial charge in [-0.2, -0.15) is 0 Å². The molecule has 0 aliphatic carbocycles. The third-order valence-electron chi connectivity index (χ3n) is 2.45. The average molecular weight is 282 g/mol. The molecule has 0 bridgehead atoms. The molecule has 0 unspecified atom stereocenters. The number of nitrogens with zero attached hydrogens (tertiary/aromatic N) is 3. The third-order valence-corrected chi connectivity index (χ3v) is 3.51. The van der Waals surface area contributed by atoms with E-state index < -0.39 is 0 Å². The molecule has 2 aromatic heterocycles. The van der Waals surface area contributed by atoms with Crippen LogP contribution in [0.2, 0.25) is 5.15 Å². The molecule has 0 saturated heterocycles. The zero-order valence-electron chi connectivity index (χ0n) is 9.84. The van der Waals surface area contributed by atoms with E-state index in [2.05, 4.69) is 10.2 Å². The maximum atomic E-state index is 12.2. The summed E-state index contributed by atoms with van der Waals surface area (Å²) in [4.78, 5) is 15.1. The van der Waals surface area contributed by atoms with Gasteiger partial charge < -0.3 is 4.90 Å². The summed E-state index contributed by atoms with van der Waals surface area (Å²) in [6, 6.07) is 7.14. The van der Waals surface area contributed by atoms with Crippen LogP contribution >= 0.6 is 22.9 Å². The van der Waals surface area contributed by atoms with Gasteiger partial charge in [0.25, 0.3) is 5.91 Å². The van der Waals surface area contributed by atoms with E-state index in [4.69, 9.17) is 11.6 Å². The first kappa shape index (κ1) is 13.0. The lowest BCUT2D eigenvalue weighted by Gasteiger charge is -2.19. The van der Waals surface area contributed by atoms with Crippen LogP contribution in [0.4, 0.5) is 0 Å². The van der Waals surface area contributed by atoms with E-state index in [1.54, 1.807) is 28.4 Å². The largest absolute Gasteiger partial charge is 0.332 e. The Balaban J connectivity index is 2.12. The van der Waals surface area contributed by atoms with Crippen LogP contribution in [0.5, 0.6) is 0 Å². The van der Waals surface area contributed by atoms with Gasteiger partial charge >= 0.3 is 0 Å². The summed E-state index contributed by atoms with van der Waals surface area (Å²) in [6.45, 7) is 3.16. The minimum Gasteiger partial charge on any atom is -0.332 e. The van der Waals surface area contributed by atoms with Gasteiger partial charge in [0, 0.05) is 11.4 Å². The molecule has 0 aromatic carbocycles. The summed E-state index contributed by atoms with van der Waals surface area (Å²) in [7, 11) is 0. The van der Waals surface area contributed by atoms with Crippen molar-refractivity contribution in [2.45, 2.75) is 13.5 Å². The molecule has 94 valence electrons. The molecule has 0 spiro atoms. The zero-order valence-corrected chi connectivity index (χ0v) is 11.4. The lowest BCUT2D eigenvalue weighted by Crippen LogP contribution is -2.30. The second-order valence-electron chi connectivity index (χ2n) is 3.64. The van der Waals surface area contributed by atoms with Gasteiger partial charge in [-0.3, -0.25) is 4.79 Å². The first-order chi connectivity index (χ1) is 8.70. The van der Waals surface area contributed by atoms with Crippen molar-refractivity contribution >= 4 is 28.8 Å². The molecular formula is C12H12ClN3OS. The predicted molar refractivity (Wildman–Crippen MR) is 71.8 cm³/mol. The monoisotopic (exact) mass is 281 g/mol. The second-order valence-corrected chi connectivity index (χ2v) is 5.06. The number of thiophene rings is 1. The quantitative estimate of drug-likeness (QED) is 0.866. The van der Waals surface area contributed by atoms with E-state index in [1.165, 1.54) is 0 Å². The number of hydrogen-bond acceptors (Lipinski definition) is 4. The Bertz CT molecular complexity index is 513. The van der Waals surface area contributed by atoms with Crippen LogP contribution in [-0.4, -0.2) is 27.5 Å². The van der Waals surface area contributed by atoms with Crippen LogP contribution in [0.1, 0.15) is 22.3 Å². The molecule has 1 amide bonds. The van der Waals surface area contributed by atoms with Crippen molar-refractivity contribution in [3.8, 4) is 0 Å². The van der Waals surface area contributed by atoms with Crippen molar-refractivity contribution in [3.63, 3.8) is 0 Å². The minimum absolute atomic E-state index is 0.130. The number of amides is 1. The van der Waals surface area contributed by atoms with Crippen molar-refractivity contribution in [1.29, 1.82) is 0 Å². The van der Waals surface area contributed by atoms with Crippen molar-refractivity contribution < 1.29 is 4.79 Å². The maximum Gasteiger partial charge on any atom is 0.274 e. The van der Waals surface area contributed by atoms with E-state index in [0.717, 1.165) is 4.88 Å². The fraction of sp³-hybridized carbons (Fsp3) is 0.250. The Hall–Kier alpha value is -1.46. The molecule has 2 heterocycles. The molecule has 0 N–H and O–H groups in total. The number of carbonyl (C=O) groups excluding carboxylic acids is 1. The number of carbonyl (C=O) groups is 1. The second kappa shape index (κ2) is 5.93. The Morgan fingerprint density at radius 1 is 1.39 bits per heavy atom. The van der Waals surface area contributed by atoms with Gasteiger partial charge in [0.1, 0.15) is 0 Å². The van der Waals surface area contributed by atoms with Gasteiger partial charge in [0.05, 0.1) is 6.54 Å². The summed E-state index contributed by atoms with van der Waals surface area (Å²) < 4.78 is 0. The molecule has 0 saturated carbocycles. The van der Waals surface area contributed by atoms with Gasteiger partial charge in [0.2, 0.25) is 0 Å².